The van der Waals surface area contributed by atoms with Crippen LogP contribution in [0.1, 0.15) is 93.1 Å². The van der Waals surface area contributed by atoms with Crippen molar-refractivity contribution in [1.29, 1.82) is 5.26 Å². The number of amides is 7. The lowest BCUT2D eigenvalue weighted by atomic mass is 10.0. The summed E-state index contributed by atoms with van der Waals surface area (Å²) in [7, 11) is 0. The highest BCUT2D eigenvalue weighted by atomic mass is 16.5. The van der Waals surface area contributed by atoms with Crippen LogP contribution in [-0.2, 0) is 75.0 Å². The second kappa shape index (κ2) is 45.6. The Morgan fingerprint density at radius 1 is 0.580 bits per heavy atom. The Labute approximate surface area is 582 Å². The van der Waals surface area contributed by atoms with E-state index in [1.54, 1.807) is 37.8 Å². The van der Waals surface area contributed by atoms with Crippen molar-refractivity contribution in [3.8, 4) is 11.8 Å². The minimum atomic E-state index is -1.31. The van der Waals surface area contributed by atoms with Gasteiger partial charge in [-0.2, -0.15) is 5.26 Å². The fourth-order valence-electron chi connectivity index (χ4n) is 11.2. The molecule has 2 fully saturated rings. The van der Waals surface area contributed by atoms with Crippen molar-refractivity contribution in [3.05, 3.63) is 71.4 Å². The van der Waals surface area contributed by atoms with Crippen molar-refractivity contribution in [2.24, 2.45) is 5.92 Å². The maximum Gasteiger partial charge on any atom is 0.326 e. The third kappa shape index (κ3) is 32.8. The highest BCUT2D eigenvalue weighted by Gasteiger charge is 2.30. The number of hydrogen-bond acceptors (Lipinski definition) is 21. The molecule has 3 aromatic rings. The fourth-order valence-corrected chi connectivity index (χ4v) is 11.2. The Kier molecular flexibility index (Phi) is 37.3. The lowest BCUT2D eigenvalue weighted by molar-refractivity contribution is -0.142. The van der Waals surface area contributed by atoms with Crippen LogP contribution in [0.2, 0.25) is 0 Å². The predicted octanol–water partition coefficient (Wildman–Crippen LogP) is -0.0421. The molecule has 10 N–H and O–H groups in total. The number of unbranched alkanes of at least 4 members (excludes halogenated alkanes) is 2. The number of benzene rings is 2. The van der Waals surface area contributed by atoms with Gasteiger partial charge in [-0.05, 0) is 93.0 Å². The average molecular weight is 1400 g/mol. The summed E-state index contributed by atoms with van der Waals surface area (Å²) in [5.74, 6) is -6.74. The molecule has 1 aromatic heterocycles. The second-order valence-corrected chi connectivity index (χ2v) is 24.9. The van der Waals surface area contributed by atoms with Gasteiger partial charge in [0.25, 0.3) is 11.8 Å². The first kappa shape index (κ1) is 81.7. The summed E-state index contributed by atoms with van der Waals surface area (Å²) < 4.78 is 22.4. The van der Waals surface area contributed by atoms with Crippen LogP contribution in [0.4, 0.5) is 0 Å². The number of carbonyl (C=O) groups is 11. The van der Waals surface area contributed by atoms with Crippen molar-refractivity contribution in [2.75, 3.05) is 158 Å². The Balaban J connectivity index is 1.02. The fraction of sp³-hybridized carbons (Fsp3) is 0.603. The number of fused-ring (bicyclic) bond motifs is 1. The molecule has 2 saturated heterocycles. The number of aliphatic carboxylic acids is 4. The van der Waals surface area contributed by atoms with Gasteiger partial charge < -0.3 is 76.2 Å². The molecule has 3 heterocycles. The maximum absolute atomic E-state index is 13.8. The zero-order valence-corrected chi connectivity index (χ0v) is 57.3. The zero-order chi connectivity index (χ0) is 72.6. The third-order valence-corrected chi connectivity index (χ3v) is 16.4. The van der Waals surface area contributed by atoms with E-state index in [1.165, 1.54) is 22.7 Å². The molecule has 550 valence electrons. The Morgan fingerprint density at radius 3 is 1.69 bits per heavy atom. The van der Waals surface area contributed by atoms with E-state index >= 15 is 0 Å². The van der Waals surface area contributed by atoms with Crippen LogP contribution in [0.25, 0.3) is 10.9 Å². The number of pyridine rings is 1. The topological polar surface area (TPSA) is 431 Å². The van der Waals surface area contributed by atoms with Crippen LogP contribution in [0, 0.1) is 17.2 Å². The minimum Gasteiger partial charge on any atom is -0.484 e. The largest absolute Gasteiger partial charge is 0.484 e. The summed E-state index contributed by atoms with van der Waals surface area (Å²) >= 11 is 0. The van der Waals surface area contributed by atoms with Gasteiger partial charge >= 0.3 is 23.9 Å². The molecule has 0 saturated carbocycles. The summed E-state index contributed by atoms with van der Waals surface area (Å²) in [6.07, 6.45) is 5.27. The molecule has 0 radical (unpaired) electrons. The smallest absolute Gasteiger partial charge is 0.326 e. The summed E-state index contributed by atoms with van der Waals surface area (Å²) in [6, 6.07) is 13.4. The summed E-state index contributed by atoms with van der Waals surface area (Å²) in [4.78, 5) is 151. The minimum absolute atomic E-state index is 0.0386. The Hall–Kier alpha value is -8.97. The van der Waals surface area contributed by atoms with E-state index < -0.39 is 65.6 Å². The van der Waals surface area contributed by atoms with E-state index in [1.807, 2.05) is 24.3 Å². The highest BCUT2D eigenvalue weighted by Crippen LogP contribution is 2.23. The van der Waals surface area contributed by atoms with Crippen molar-refractivity contribution >= 4 is 76.1 Å². The van der Waals surface area contributed by atoms with Crippen LogP contribution in [0.3, 0.4) is 0 Å². The molecule has 32 heteroatoms. The number of nitriles is 1. The summed E-state index contributed by atoms with van der Waals surface area (Å²) in [6.45, 7) is 6.34. The van der Waals surface area contributed by atoms with E-state index in [0.29, 0.717) is 73.3 Å². The molecule has 32 nitrogen and oxygen atoms in total. The van der Waals surface area contributed by atoms with E-state index in [9.17, 15) is 78.4 Å². The van der Waals surface area contributed by atoms with Crippen molar-refractivity contribution in [3.63, 3.8) is 0 Å². The molecule has 0 bridgehead atoms. The van der Waals surface area contributed by atoms with E-state index in [-0.39, 0.29) is 188 Å². The molecule has 7 amide bonds. The second-order valence-electron chi connectivity index (χ2n) is 24.9. The van der Waals surface area contributed by atoms with Gasteiger partial charge in [0.05, 0.1) is 95.9 Å². The van der Waals surface area contributed by atoms with Crippen molar-refractivity contribution < 1.29 is 92.1 Å². The molecule has 5 rings (SSSR count). The molecule has 2 aliphatic heterocycles. The highest BCUT2D eigenvalue weighted by molar-refractivity contribution is 6.07. The number of rotatable bonds is 44. The average Bonchev–Trinajstić information content (AvgIpc) is 0.888. The van der Waals surface area contributed by atoms with E-state index in [2.05, 4.69) is 56.8 Å². The first-order valence-corrected chi connectivity index (χ1v) is 34.0. The van der Waals surface area contributed by atoms with Gasteiger partial charge in [0.2, 0.25) is 29.5 Å². The van der Waals surface area contributed by atoms with Crippen molar-refractivity contribution in [1.82, 2.24) is 61.4 Å². The SMILES string of the molecule is CC(C)Cc1ccc(CC(=O)NCCCC[C@H](NC(=O)[C@H](CCCCNC(=O)CN2CCN(CC(=O)O)CCN(CC(=O)O)CCN(CC(=O)O)CC2)NC(=O)CCOCCOCCOCCNC(=O)COc2ccc3c(C(=O)NCC(=O)N4CCC[C@H]4C#N)ccnc3c2)C(=O)O)cc1. The number of nitrogens with zero attached hydrogens (tertiary/aromatic N) is 7. The molecule has 0 unspecified atom stereocenters. The summed E-state index contributed by atoms with van der Waals surface area (Å²) in [5, 5.41) is 64.9. The molecule has 2 aliphatic rings. The monoisotopic (exact) mass is 1400 g/mol. The van der Waals surface area contributed by atoms with Crippen LogP contribution in [0.15, 0.2) is 54.7 Å². The number of carboxylic acids is 4. The molecular formula is C68H99N13O19. The number of hydrogen-bond donors (Lipinski definition) is 10. The van der Waals surface area contributed by atoms with Gasteiger partial charge in [0, 0.05) is 103 Å². The number of carbonyl (C=O) groups excluding carboxylic acids is 7. The Morgan fingerprint density at radius 2 is 1.12 bits per heavy atom. The molecule has 0 aliphatic carbocycles. The maximum atomic E-state index is 13.8. The normalized spacial score (nSPS) is 15.7. The molecule has 0 spiro atoms. The van der Waals surface area contributed by atoms with Crippen LogP contribution >= 0.6 is 0 Å². The van der Waals surface area contributed by atoms with E-state index in [4.69, 9.17) is 18.9 Å². The van der Waals surface area contributed by atoms with Gasteiger partial charge in [0.1, 0.15) is 23.9 Å². The first-order valence-electron chi connectivity index (χ1n) is 34.0. The Bertz CT molecular complexity index is 3160. The van der Waals surface area contributed by atoms with Gasteiger partial charge in [-0.3, -0.25) is 72.5 Å². The summed E-state index contributed by atoms with van der Waals surface area (Å²) in [5.41, 5.74) is 2.78. The standard InChI is InChI=1S/C68H99N13O19/c1-48(2)38-49-11-13-50(14-12-49)39-59(83)71-19-6-4-10-56(68(95)96)76-67(94)55(9-3-5-20-72-60(84)43-77-24-26-78(44-63(87)88)28-30-80(46-65(91)92)31-29-79(27-25-77)45-64(89)90)75-58(82)18-32-97-34-36-99-37-35-98-33-22-73-61(85)47-100-52-15-16-53-54(17-21-70-57(53)40-52)66(93)74-42-62(86)81-23-7-8-51(81)41-69/h11-17,21,40,48,51,55-56H,3-10,18-20,22-39,42-47H2,1-2H3,(H,71,83)(H,72,84)(H,73,85)(H,74,93)(H,75,82)(H,76,94)(H,87,88)(H,89,90)(H,91,92)(H,95,96)/t51-,55-,56-/m0/s1. The van der Waals surface area contributed by atoms with Gasteiger partial charge in [-0.15, -0.1) is 0 Å². The lowest BCUT2D eigenvalue weighted by Gasteiger charge is -2.32. The number of aromatic nitrogens is 1. The molecule has 3 atom stereocenters. The molecule has 100 heavy (non-hydrogen) atoms. The van der Waals surface area contributed by atoms with Crippen LogP contribution in [0.5, 0.6) is 5.75 Å². The van der Waals surface area contributed by atoms with Crippen molar-refractivity contribution in [2.45, 2.75) is 103 Å². The predicted molar refractivity (Wildman–Crippen MR) is 363 cm³/mol. The quantitative estimate of drug-likeness (QED) is 0.0332. The van der Waals surface area contributed by atoms with Gasteiger partial charge in [-0.25, -0.2) is 4.79 Å². The van der Waals surface area contributed by atoms with Crippen LogP contribution < -0.4 is 36.6 Å². The molecular weight excluding hydrogens is 1300 g/mol. The van der Waals surface area contributed by atoms with Gasteiger partial charge in [-0.1, -0.05) is 38.1 Å². The van der Waals surface area contributed by atoms with Crippen LogP contribution in [-0.4, -0.2) is 291 Å². The number of carboxylic acid groups (broad SMARTS) is 4. The lowest BCUT2D eigenvalue weighted by Crippen LogP contribution is -2.51. The number of likely N-dealkylation sites (tertiary alicyclic amines) is 1. The van der Waals surface area contributed by atoms with E-state index in [0.717, 1.165) is 18.4 Å². The third-order valence-electron chi connectivity index (χ3n) is 16.4. The molecule has 2 aromatic carbocycles. The number of ether oxygens (including phenoxy) is 4. The zero-order valence-electron chi connectivity index (χ0n) is 57.3. The number of nitrogens with one attached hydrogen (secondary N) is 6. The first-order chi connectivity index (χ1) is 48.0. The van der Waals surface area contributed by atoms with Gasteiger partial charge in [0.15, 0.2) is 6.61 Å².